The van der Waals surface area contributed by atoms with Crippen molar-refractivity contribution in [2.75, 3.05) is 39.8 Å². The predicted molar refractivity (Wildman–Crippen MR) is 108 cm³/mol. The van der Waals surface area contributed by atoms with Gasteiger partial charge in [-0.2, -0.15) is 4.31 Å². The molecule has 29 heavy (non-hydrogen) atoms. The van der Waals surface area contributed by atoms with E-state index in [1.807, 2.05) is 24.3 Å². The first-order valence-corrected chi connectivity index (χ1v) is 11.0. The number of imidazole rings is 1. The maximum Gasteiger partial charge on any atom is 0.317 e. The number of rotatable bonds is 6. The maximum atomic E-state index is 12.7. The number of urea groups is 1. The van der Waals surface area contributed by atoms with Gasteiger partial charge in [0.2, 0.25) is 0 Å². The average Bonchev–Trinajstić information content (AvgIpc) is 3.00. The second kappa shape index (κ2) is 9.27. The fourth-order valence-electron chi connectivity index (χ4n) is 3.21. The minimum absolute atomic E-state index is 0.0393. The summed E-state index contributed by atoms with van der Waals surface area (Å²) in [4.78, 5) is 18.1. The van der Waals surface area contributed by atoms with Crippen LogP contribution in [0.4, 0.5) is 4.79 Å². The second-order valence-corrected chi connectivity index (χ2v) is 8.84. The SMILES string of the molecule is COc1ccc(CCNC(=O)N2CCCN(S(=O)(=O)c3cn(C)cn3)CC2)cc1. The molecule has 1 fully saturated rings. The molecule has 0 bridgehead atoms. The third-order valence-electron chi connectivity index (χ3n) is 4.88. The van der Waals surface area contributed by atoms with Crippen LogP contribution in [-0.4, -0.2) is 73.0 Å². The maximum absolute atomic E-state index is 12.7. The van der Waals surface area contributed by atoms with Gasteiger partial charge in [0, 0.05) is 46.0 Å². The molecular formula is C19H27N5O4S. The van der Waals surface area contributed by atoms with Gasteiger partial charge in [0.25, 0.3) is 10.0 Å². The smallest absolute Gasteiger partial charge is 0.317 e. The Morgan fingerprint density at radius 2 is 1.93 bits per heavy atom. The van der Waals surface area contributed by atoms with Crippen molar-refractivity contribution in [2.45, 2.75) is 17.9 Å². The normalized spacial score (nSPS) is 15.7. The van der Waals surface area contributed by atoms with E-state index >= 15 is 0 Å². The van der Waals surface area contributed by atoms with Crippen LogP contribution in [0.1, 0.15) is 12.0 Å². The number of methoxy groups -OCH3 is 1. The summed E-state index contributed by atoms with van der Waals surface area (Å²) >= 11 is 0. The van der Waals surface area contributed by atoms with Crippen molar-refractivity contribution in [1.82, 2.24) is 24.1 Å². The van der Waals surface area contributed by atoms with Gasteiger partial charge in [-0.1, -0.05) is 12.1 Å². The Kier molecular flexibility index (Phi) is 6.75. The molecule has 158 valence electrons. The van der Waals surface area contributed by atoms with Gasteiger partial charge < -0.3 is 19.5 Å². The van der Waals surface area contributed by atoms with E-state index in [0.29, 0.717) is 39.0 Å². The van der Waals surface area contributed by atoms with E-state index in [9.17, 15) is 13.2 Å². The molecule has 9 nitrogen and oxygen atoms in total. The molecule has 1 aliphatic heterocycles. The lowest BCUT2D eigenvalue weighted by molar-refractivity contribution is 0.200. The lowest BCUT2D eigenvalue weighted by Gasteiger charge is -2.21. The molecule has 1 N–H and O–H groups in total. The lowest BCUT2D eigenvalue weighted by atomic mass is 10.1. The molecule has 1 aliphatic rings. The first-order chi connectivity index (χ1) is 13.9. The van der Waals surface area contributed by atoms with Crippen LogP contribution in [0.2, 0.25) is 0 Å². The number of hydrogen-bond donors (Lipinski definition) is 1. The van der Waals surface area contributed by atoms with E-state index in [0.717, 1.165) is 11.3 Å². The number of amides is 2. The number of carbonyl (C=O) groups excluding carboxylic acids is 1. The molecule has 0 saturated carbocycles. The van der Waals surface area contributed by atoms with Crippen molar-refractivity contribution in [3.05, 3.63) is 42.4 Å². The number of sulfonamides is 1. The van der Waals surface area contributed by atoms with Crippen LogP contribution in [0.15, 0.2) is 41.8 Å². The molecule has 2 aromatic rings. The molecule has 2 amide bonds. The van der Waals surface area contributed by atoms with Gasteiger partial charge in [0.05, 0.1) is 13.4 Å². The molecule has 0 atom stereocenters. The van der Waals surface area contributed by atoms with E-state index in [-0.39, 0.29) is 17.6 Å². The van der Waals surface area contributed by atoms with Crippen molar-refractivity contribution in [3.63, 3.8) is 0 Å². The molecular weight excluding hydrogens is 394 g/mol. The van der Waals surface area contributed by atoms with Crippen LogP contribution >= 0.6 is 0 Å². The molecule has 10 heteroatoms. The van der Waals surface area contributed by atoms with Crippen LogP contribution in [-0.2, 0) is 23.5 Å². The predicted octanol–water partition coefficient (Wildman–Crippen LogP) is 1.08. The number of nitrogens with one attached hydrogen (secondary N) is 1. The van der Waals surface area contributed by atoms with Gasteiger partial charge in [-0.3, -0.25) is 0 Å². The van der Waals surface area contributed by atoms with E-state index in [1.54, 1.807) is 23.6 Å². The highest BCUT2D eigenvalue weighted by atomic mass is 32.2. The van der Waals surface area contributed by atoms with E-state index in [4.69, 9.17) is 4.74 Å². The summed E-state index contributed by atoms with van der Waals surface area (Å²) in [5.74, 6) is 0.799. The van der Waals surface area contributed by atoms with Gasteiger partial charge in [-0.25, -0.2) is 18.2 Å². The summed E-state index contributed by atoms with van der Waals surface area (Å²) in [6.45, 7) is 2.00. The summed E-state index contributed by atoms with van der Waals surface area (Å²) in [6, 6.07) is 7.55. The second-order valence-electron chi connectivity index (χ2n) is 6.95. The van der Waals surface area contributed by atoms with Gasteiger partial charge in [-0.15, -0.1) is 0 Å². The van der Waals surface area contributed by atoms with E-state index < -0.39 is 10.0 Å². The van der Waals surface area contributed by atoms with Crippen molar-refractivity contribution < 1.29 is 17.9 Å². The molecule has 0 aliphatic carbocycles. The van der Waals surface area contributed by atoms with Crippen LogP contribution in [0, 0.1) is 0 Å². The first kappa shape index (κ1) is 21.1. The zero-order valence-corrected chi connectivity index (χ0v) is 17.6. The number of carbonyl (C=O) groups is 1. The molecule has 0 spiro atoms. The third-order valence-corrected chi connectivity index (χ3v) is 6.66. The molecule has 2 heterocycles. The number of ether oxygens (including phenoxy) is 1. The highest BCUT2D eigenvalue weighted by Crippen LogP contribution is 2.16. The quantitative estimate of drug-likeness (QED) is 0.753. The van der Waals surface area contributed by atoms with Crippen molar-refractivity contribution in [2.24, 2.45) is 7.05 Å². The van der Waals surface area contributed by atoms with Gasteiger partial charge >= 0.3 is 6.03 Å². The zero-order chi connectivity index (χ0) is 20.9. The zero-order valence-electron chi connectivity index (χ0n) is 16.7. The van der Waals surface area contributed by atoms with Crippen molar-refractivity contribution in [3.8, 4) is 5.75 Å². The number of benzene rings is 1. The Bertz CT molecular complexity index is 926. The highest BCUT2D eigenvalue weighted by molar-refractivity contribution is 7.89. The summed E-state index contributed by atoms with van der Waals surface area (Å²) in [5, 5.41) is 2.96. The van der Waals surface area contributed by atoms with Crippen LogP contribution in [0.5, 0.6) is 5.75 Å². The molecule has 0 radical (unpaired) electrons. The number of aromatic nitrogens is 2. The average molecular weight is 422 g/mol. The first-order valence-electron chi connectivity index (χ1n) is 9.54. The molecule has 1 aromatic heterocycles. The Morgan fingerprint density at radius 3 is 2.59 bits per heavy atom. The summed E-state index contributed by atoms with van der Waals surface area (Å²) in [7, 11) is -0.287. The van der Waals surface area contributed by atoms with Crippen LogP contribution < -0.4 is 10.1 Å². The topological polar surface area (TPSA) is 96.8 Å². The Balaban J connectivity index is 1.50. The molecule has 1 aromatic carbocycles. The number of hydrogen-bond acceptors (Lipinski definition) is 5. The summed E-state index contributed by atoms with van der Waals surface area (Å²) in [5.41, 5.74) is 1.11. The van der Waals surface area contributed by atoms with Crippen LogP contribution in [0.25, 0.3) is 0 Å². The molecule has 3 rings (SSSR count). The van der Waals surface area contributed by atoms with Crippen LogP contribution in [0.3, 0.4) is 0 Å². The molecule has 0 unspecified atom stereocenters. The van der Waals surface area contributed by atoms with E-state index in [2.05, 4.69) is 10.3 Å². The number of nitrogens with zero attached hydrogens (tertiary/aromatic N) is 4. The minimum atomic E-state index is -3.64. The summed E-state index contributed by atoms with van der Waals surface area (Å²) < 4.78 is 33.6. The summed E-state index contributed by atoms with van der Waals surface area (Å²) in [6.07, 6.45) is 4.25. The standard InChI is InChI=1S/C19H27N5O4S/c1-22-14-18(21-15-22)29(26,27)24-11-3-10-23(12-13-24)19(25)20-9-8-16-4-6-17(28-2)7-5-16/h4-7,14-15H,3,8-13H2,1-2H3,(H,20,25). The third kappa shape index (κ3) is 5.27. The number of aryl methyl sites for hydroxylation is 1. The minimum Gasteiger partial charge on any atom is -0.497 e. The van der Waals surface area contributed by atoms with Gasteiger partial charge in [0.15, 0.2) is 5.03 Å². The van der Waals surface area contributed by atoms with Gasteiger partial charge in [-0.05, 0) is 30.5 Å². The Morgan fingerprint density at radius 1 is 1.17 bits per heavy atom. The fraction of sp³-hybridized carbons (Fsp3) is 0.474. The lowest BCUT2D eigenvalue weighted by Crippen LogP contribution is -2.43. The largest absolute Gasteiger partial charge is 0.497 e. The Hall–Kier alpha value is -2.59. The highest BCUT2D eigenvalue weighted by Gasteiger charge is 2.29. The van der Waals surface area contributed by atoms with Crippen molar-refractivity contribution in [1.29, 1.82) is 0 Å². The van der Waals surface area contributed by atoms with Gasteiger partial charge in [0.1, 0.15) is 5.75 Å². The van der Waals surface area contributed by atoms with E-state index in [1.165, 1.54) is 16.8 Å². The molecule has 1 saturated heterocycles. The monoisotopic (exact) mass is 421 g/mol. The fourth-order valence-corrected chi connectivity index (χ4v) is 4.65. The van der Waals surface area contributed by atoms with Crippen molar-refractivity contribution >= 4 is 16.1 Å². The Labute approximate surface area is 171 Å².